The lowest BCUT2D eigenvalue weighted by Crippen LogP contribution is -2.38. The van der Waals surface area contributed by atoms with Gasteiger partial charge in [-0.05, 0) is 20.3 Å². The van der Waals surface area contributed by atoms with E-state index < -0.39 is 10.0 Å². The van der Waals surface area contributed by atoms with Crippen LogP contribution in [0.3, 0.4) is 0 Å². The minimum absolute atomic E-state index is 0. The first-order valence-electron chi connectivity index (χ1n) is 6.64. The van der Waals surface area contributed by atoms with Crippen LogP contribution in [-0.2, 0) is 16.6 Å². The number of sulfonamides is 1. The molecule has 0 atom stereocenters. The minimum Gasteiger partial charge on any atom is -0.356 e. The van der Waals surface area contributed by atoms with Gasteiger partial charge >= 0.3 is 0 Å². The molecule has 1 heterocycles. The van der Waals surface area contributed by atoms with Crippen LogP contribution in [0.1, 0.15) is 22.0 Å². The van der Waals surface area contributed by atoms with Crippen LogP contribution in [0.5, 0.6) is 0 Å². The summed E-state index contributed by atoms with van der Waals surface area (Å²) < 4.78 is 24.2. The number of aromatic nitrogens is 1. The van der Waals surface area contributed by atoms with Gasteiger partial charge in [0.2, 0.25) is 10.0 Å². The summed E-state index contributed by atoms with van der Waals surface area (Å²) in [5, 5.41) is 7.33. The highest BCUT2D eigenvalue weighted by molar-refractivity contribution is 14.0. The summed E-state index contributed by atoms with van der Waals surface area (Å²) in [6.45, 7) is 5.72. The molecule has 0 aromatic carbocycles. The molecule has 3 N–H and O–H groups in total. The number of thiazole rings is 1. The van der Waals surface area contributed by atoms with Crippen molar-refractivity contribution in [2.75, 3.05) is 26.4 Å². The van der Waals surface area contributed by atoms with Crippen molar-refractivity contribution in [3.8, 4) is 0 Å². The van der Waals surface area contributed by atoms with Gasteiger partial charge in [-0.1, -0.05) is 0 Å². The highest BCUT2D eigenvalue weighted by atomic mass is 127. The summed E-state index contributed by atoms with van der Waals surface area (Å²) in [6.07, 6.45) is 1.84. The van der Waals surface area contributed by atoms with Crippen LogP contribution in [0.4, 0.5) is 0 Å². The fraction of sp³-hybridized carbons (Fsp3) is 0.667. The van der Waals surface area contributed by atoms with Gasteiger partial charge in [-0.15, -0.1) is 35.3 Å². The fourth-order valence-electron chi connectivity index (χ4n) is 1.55. The van der Waals surface area contributed by atoms with Crippen LogP contribution in [0.25, 0.3) is 0 Å². The summed E-state index contributed by atoms with van der Waals surface area (Å²) >= 11 is 1.67. The van der Waals surface area contributed by atoms with Gasteiger partial charge in [-0.2, -0.15) is 0 Å². The molecule has 22 heavy (non-hydrogen) atoms. The maximum Gasteiger partial charge on any atom is 0.208 e. The Labute approximate surface area is 153 Å². The molecule has 128 valence electrons. The van der Waals surface area contributed by atoms with E-state index in [9.17, 15) is 8.42 Å². The molecule has 0 fully saturated rings. The first kappa shape index (κ1) is 21.5. The molecule has 1 aromatic rings. The fourth-order valence-corrected chi connectivity index (χ4v) is 2.94. The van der Waals surface area contributed by atoms with Crippen LogP contribution in [0, 0.1) is 13.8 Å². The zero-order valence-corrected chi connectivity index (χ0v) is 17.2. The minimum atomic E-state index is -3.11. The summed E-state index contributed by atoms with van der Waals surface area (Å²) in [7, 11) is -1.41. The lowest BCUT2D eigenvalue weighted by atomic mass is 10.4. The summed E-state index contributed by atoms with van der Waals surface area (Å²) in [4.78, 5) is 9.78. The molecule has 0 amide bonds. The maximum absolute atomic E-state index is 10.9. The average molecular weight is 461 g/mol. The molecule has 7 nitrogen and oxygen atoms in total. The standard InChI is InChI=1S/C12H23N5O2S2.HI/c1-9-10(2)20-11(17-9)8-15-12(13-3)14-6-5-7-16-21(4,18)19;/h16H,5-8H2,1-4H3,(H2,13,14,15);1H. The largest absolute Gasteiger partial charge is 0.356 e. The van der Waals surface area contributed by atoms with E-state index in [-0.39, 0.29) is 24.0 Å². The van der Waals surface area contributed by atoms with E-state index in [1.165, 1.54) is 4.88 Å². The van der Waals surface area contributed by atoms with Crippen molar-refractivity contribution < 1.29 is 8.42 Å². The molecular formula is C12H24IN5O2S2. The number of guanidine groups is 1. The molecule has 10 heteroatoms. The van der Waals surface area contributed by atoms with Crippen LogP contribution in [0.2, 0.25) is 0 Å². The predicted octanol–water partition coefficient (Wildman–Crippen LogP) is 0.982. The third-order valence-corrected chi connectivity index (χ3v) is 4.52. The average Bonchev–Trinajstić information content (AvgIpc) is 2.71. The predicted molar refractivity (Wildman–Crippen MR) is 103 cm³/mol. The van der Waals surface area contributed by atoms with Crippen molar-refractivity contribution in [2.45, 2.75) is 26.8 Å². The van der Waals surface area contributed by atoms with E-state index in [4.69, 9.17) is 0 Å². The molecule has 0 unspecified atom stereocenters. The van der Waals surface area contributed by atoms with Crippen molar-refractivity contribution in [3.63, 3.8) is 0 Å². The quantitative estimate of drug-likeness (QED) is 0.244. The van der Waals surface area contributed by atoms with Gasteiger partial charge in [0, 0.05) is 25.0 Å². The number of rotatable bonds is 7. The van der Waals surface area contributed by atoms with Gasteiger partial charge in [-0.25, -0.2) is 18.1 Å². The normalized spacial score (nSPS) is 11.9. The molecule has 0 aliphatic heterocycles. The molecule has 0 saturated heterocycles. The third-order valence-electron chi connectivity index (χ3n) is 2.71. The van der Waals surface area contributed by atoms with Crippen LogP contribution in [-0.4, -0.2) is 45.8 Å². The maximum atomic E-state index is 10.9. The highest BCUT2D eigenvalue weighted by Gasteiger charge is 2.05. The van der Waals surface area contributed by atoms with Crippen LogP contribution < -0.4 is 15.4 Å². The van der Waals surface area contributed by atoms with Crippen molar-refractivity contribution in [1.82, 2.24) is 20.3 Å². The first-order chi connectivity index (χ1) is 9.81. The number of aryl methyl sites for hydroxylation is 2. The van der Waals surface area contributed by atoms with E-state index >= 15 is 0 Å². The Balaban J connectivity index is 0.00000441. The lowest BCUT2D eigenvalue weighted by Gasteiger charge is -2.10. The zero-order valence-electron chi connectivity index (χ0n) is 13.3. The van der Waals surface area contributed by atoms with Gasteiger partial charge in [0.1, 0.15) is 5.01 Å². The SMILES string of the molecule is CN=C(NCCCNS(C)(=O)=O)NCc1nc(C)c(C)s1.I. The Morgan fingerprint density at radius 2 is 1.95 bits per heavy atom. The Kier molecular flexibility index (Phi) is 10.1. The number of halogens is 1. The van der Waals surface area contributed by atoms with Crippen LogP contribution >= 0.6 is 35.3 Å². The van der Waals surface area contributed by atoms with Crippen LogP contribution in [0.15, 0.2) is 4.99 Å². The molecule has 0 bridgehead atoms. The van der Waals surface area contributed by atoms with Gasteiger partial charge < -0.3 is 10.6 Å². The zero-order chi connectivity index (χ0) is 15.9. The number of aliphatic imine (C=N–C) groups is 1. The van der Waals surface area contributed by atoms with Crippen molar-refractivity contribution in [2.24, 2.45) is 4.99 Å². The second-order valence-electron chi connectivity index (χ2n) is 4.62. The third kappa shape index (κ3) is 8.86. The Morgan fingerprint density at radius 1 is 1.27 bits per heavy atom. The molecule has 0 saturated carbocycles. The van der Waals surface area contributed by atoms with E-state index in [1.807, 2.05) is 6.92 Å². The molecular weight excluding hydrogens is 437 g/mol. The molecule has 1 aromatic heterocycles. The topological polar surface area (TPSA) is 95.5 Å². The summed E-state index contributed by atoms with van der Waals surface area (Å²) in [5.74, 6) is 0.680. The van der Waals surface area contributed by atoms with Crippen molar-refractivity contribution >= 4 is 51.3 Å². The monoisotopic (exact) mass is 461 g/mol. The van der Waals surface area contributed by atoms with Crippen molar-refractivity contribution in [3.05, 3.63) is 15.6 Å². The second kappa shape index (κ2) is 10.3. The highest BCUT2D eigenvalue weighted by Crippen LogP contribution is 2.15. The second-order valence-corrected chi connectivity index (χ2v) is 7.74. The molecule has 0 aliphatic carbocycles. The van der Waals surface area contributed by atoms with Gasteiger partial charge in [-0.3, -0.25) is 4.99 Å². The van der Waals surface area contributed by atoms with Crippen molar-refractivity contribution in [1.29, 1.82) is 0 Å². The van der Waals surface area contributed by atoms with E-state index in [1.54, 1.807) is 18.4 Å². The number of nitrogens with one attached hydrogen (secondary N) is 3. The van der Waals surface area contributed by atoms with E-state index in [0.717, 1.165) is 17.0 Å². The Hall–Kier alpha value is -0.460. The smallest absolute Gasteiger partial charge is 0.208 e. The molecule has 0 aliphatic rings. The van der Waals surface area contributed by atoms with Gasteiger partial charge in [0.05, 0.1) is 18.5 Å². The first-order valence-corrected chi connectivity index (χ1v) is 9.34. The number of hydrogen-bond donors (Lipinski definition) is 3. The van der Waals surface area contributed by atoms with Gasteiger partial charge in [0.25, 0.3) is 0 Å². The Morgan fingerprint density at radius 3 is 2.45 bits per heavy atom. The van der Waals surface area contributed by atoms with E-state index in [0.29, 0.717) is 32.0 Å². The molecule has 0 radical (unpaired) electrons. The van der Waals surface area contributed by atoms with Gasteiger partial charge in [0.15, 0.2) is 5.96 Å². The Bertz CT molecular complexity index is 567. The lowest BCUT2D eigenvalue weighted by molar-refractivity contribution is 0.584. The molecule has 1 rings (SSSR count). The van der Waals surface area contributed by atoms with E-state index in [2.05, 4.69) is 32.3 Å². The number of hydrogen-bond acceptors (Lipinski definition) is 5. The summed E-state index contributed by atoms with van der Waals surface area (Å²) in [6, 6.07) is 0. The number of nitrogens with zero attached hydrogens (tertiary/aromatic N) is 2. The molecule has 0 spiro atoms. The summed E-state index contributed by atoms with van der Waals surface area (Å²) in [5.41, 5.74) is 1.06.